The van der Waals surface area contributed by atoms with Gasteiger partial charge in [-0.25, -0.2) is 5.11 Å². The van der Waals surface area contributed by atoms with Gasteiger partial charge in [-0.15, -0.1) is 0 Å². The molecule has 0 bridgehead atoms. The zero-order valence-corrected chi connectivity index (χ0v) is 5.44. The summed E-state index contributed by atoms with van der Waals surface area (Å²) < 4.78 is 38.6. The molecule has 0 aromatic rings. The number of alkyl halides is 3. The van der Waals surface area contributed by atoms with Crippen molar-refractivity contribution in [1.82, 2.24) is 0 Å². The molecule has 0 heterocycles. The van der Waals surface area contributed by atoms with E-state index >= 15 is 0 Å². The van der Waals surface area contributed by atoms with Crippen molar-refractivity contribution in [2.24, 2.45) is 0 Å². The van der Waals surface area contributed by atoms with Gasteiger partial charge >= 0.3 is 6.18 Å². The summed E-state index contributed by atoms with van der Waals surface area (Å²) in [6.45, 7) is -0.851. The monoisotopic (exact) mass is 157 g/mol. The van der Waals surface area contributed by atoms with Gasteiger partial charge in [-0.05, 0) is 0 Å². The normalized spacial score (nSPS) is 15.3. The minimum Gasteiger partial charge on any atom is -0.379 e. The highest BCUT2D eigenvalue weighted by Crippen LogP contribution is 2.22. The second-order valence-corrected chi connectivity index (χ2v) is 1.84. The lowest BCUT2D eigenvalue weighted by Gasteiger charge is -2.12. The summed E-state index contributed by atoms with van der Waals surface area (Å²) in [7, 11) is 1.09. The van der Waals surface area contributed by atoms with Gasteiger partial charge in [0.15, 0.2) is 0 Å². The van der Waals surface area contributed by atoms with Gasteiger partial charge in [0, 0.05) is 7.11 Å². The fourth-order valence-corrected chi connectivity index (χ4v) is 0.468. The van der Waals surface area contributed by atoms with E-state index < -0.39 is 25.3 Å². The molecule has 0 aliphatic carbocycles. The molecule has 0 aliphatic rings. The molecule has 0 spiro atoms. The minimum atomic E-state index is -4.30. The van der Waals surface area contributed by atoms with E-state index in [1.807, 2.05) is 0 Å². The van der Waals surface area contributed by atoms with Crippen molar-refractivity contribution in [2.45, 2.75) is 18.7 Å². The molecule has 1 atom stereocenters. The molecule has 2 nitrogen and oxygen atoms in total. The smallest absolute Gasteiger partial charge is 0.379 e. The lowest BCUT2D eigenvalue weighted by Crippen LogP contribution is -2.23. The van der Waals surface area contributed by atoms with Crippen LogP contribution >= 0.6 is 0 Å². The second-order valence-electron chi connectivity index (χ2n) is 1.84. The van der Waals surface area contributed by atoms with Crippen LogP contribution in [0.4, 0.5) is 13.2 Å². The average molecular weight is 157 g/mol. The van der Waals surface area contributed by atoms with Crippen LogP contribution in [0.5, 0.6) is 0 Å². The third kappa shape index (κ3) is 4.58. The summed E-state index contributed by atoms with van der Waals surface area (Å²) in [6, 6.07) is 0. The van der Waals surface area contributed by atoms with Crippen LogP contribution in [0.15, 0.2) is 0 Å². The second kappa shape index (κ2) is 3.78. The Hall–Kier alpha value is -0.290. The van der Waals surface area contributed by atoms with E-state index in [1.54, 1.807) is 0 Å². The summed E-state index contributed by atoms with van der Waals surface area (Å²) in [5, 5.41) is 9.91. The number of ether oxygens (including phenoxy) is 1. The topological polar surface area (TPSA) is 29.1 Å². The Morgan fingerprint density at radius 2 is 2.00 bits per heavy atom. The lowest BCUT2D eigenvalue weighted by molar-refractivity contribution is -0.164. The fourth-order valence-electron chi connectivity index (χ4n) is 0.468. The van der Waals surface area contributed by atoms with Gasteiger partial charge < -0.3 is 4.74 Å². The van der Waals surface area contributed by atoms with Crippen LogP contribution in [0.3, 0.4) is 0 Å². The Bertz CT molecular complexity index is 87.4. The molecule has 0 saturated heterocycles. The molecule has 1 unspecified atom stereocenters. The van der Waals surface area contributed by atoms with Gasteiger partial charge in [0.05, 0.1) is 12.5 Å². The molecule has 0 fully saturated rings. The van der Waals surface area contributed by atoms with Gasteiger partial charge in [0.1, 0.15) is 6.61 Å². The summed E-state index contributed by atoms with van der Waals surface area (Å²) in [5.41, 5.74) is 0. The summed E-state index contributed by atoms with van der Waals surface area (Å²) in [5.74, 6) is 0. The van der Waals surface area contributed by atoms with Crippen molar-refractivity contribution in [2.75, 3.05) is 13.7 Å². The van der Waals surface area contributed by atoms with Crippen LogP contribution in [-0.4, -0.2) is 26.0 Å². The van der Waals surface area contributed by atoms with Crippen molar-refractivity contribution in [3.63, 3.8) is 0 Å². The first-order valence-electron chi connectivity index (χ1n) is 2.67. The molecular formula is C5H8F3O2. The van der Waals surface area contributed by atoms with Crippen LogP contribution in [0.25, 0.3) is 0 Å². The van der Waals surface area contributed by atoms with Crippen LogP contribution in [0.1, 0.15) is 6.42 Å². The predicted molar refractivity (Wildman–Crippen MR) is 27.0 cm³/mol. The van der Waals surface area contributed by atoms with Crippen molar-refractivity contribution in [1.29, 1.82) is 0 Å². The SMILES string of the molecule is COC(C[O])CC(F)(F)F. The Morgan fingerprint density at radius 1 is 1.50 bits per heavy atom. The van der Waals surface area contributed by atoms with E-state index in [1.165, 1.54) is 0 Å². The average Bonchev–Trinajstić information content (AvgIpc) is 1.81. The number of rotatable bonds is 3. The Kier molecular flexibility index (Phi) is 3.67. The summed E-state index contributed by atoms with van der Waals surface area (Å²) in [4.78, 5) is 0. The van der Waals surface area contributed by atoms with Crippen molar-refractivity contribution < 1.29 is 23.0 Å². The molecule has 0 amide bonds. The van der Waals surface area contributed by atoms with E-state index in [-0.39, 0.29) is 0 Å². The third-order valence-corrected chi connectivity index (χ3v) is 0.978. The van der Waals surface area contributed by atoms with E-state index in [9.17, 15) is 18.3 Å². The van der Waals surface area contributed by atoms with Crippen LogP contribution in [0, 0.1) is 0 Å². The Labute approximate surface area is 56.6 Å². The standard InChI is InChI=1S/C5H8F3O2/c1-10-4(3-9)2-5(6,7)8/h4H,2-3H2,1H3. The number of methoxy groups -OCH3 is 1. The first-order valence-corrected chi connectivity index (χ1v) is 2.67. The zero-order valence-electron chi connectivity index (χ0n) is 5.44. The van der Waals surface area contributed by atoms with Gasteiger partial charge in [0.25, 0.3) is 0 Å². The number of hydrogen-bond acceptors (Lipinski definition) is 1. The highest BCUT2D eigenvalue weighted by atomic mass is 19.4. The first-order chi connectivity index (χ1) is 4.49. The highest BCUT2D eigenvalue weighted by Gasteiger charge is 2.31. The largest absolute Gasteiger partial charge is 0.391 e. The molecule has 0 rings (SSSR count). The van der Waals surface area contributed by atoms with Gasteiger partial charge in [-0.1, -0.05) is 0 Å². The first kappa shape index (κ1) is 9.71. The summed E-state index contributed by atoms with van der Waals surface area (Å²) in [6.07, 6.45) is -6.70. The van der Waals surface area contributed by atoms with Gasteiger partial charge in [-0.2, -0.15) is 13.2 Å². The molecule has 0 N–H and O–H groups in total. The van der Waals surface area contributed by atoms with E-state index in [4.69, 9.17) is 0 Å². The van der Waals surface area contributed by atoms with E-state index in [0.29, 0.717) is 0 Å². The molecule has 0 aromatic carbocycles. The van der Waals surface area contributed by atoms with E-state index in [2.05, 4.69) is 4.74 Å². The Morgan fingerprint density at radius 3 is 2.10 bits per heavy atom. The molecule has 10 heavy (non-hydrogen) atoms. The molecule has 0 saturated carbocycles. The maximum absolute atomic E-state index is 11.5. The van der Waals surface area contributed by atoms with Crippen LogP contribution in [0.2, 0.25) is 0 Å². The highest BCUT2D eigenvalue weighted by molar-refractivity contribution is 4.60. The lowest BCUT2D eigenvalue weighted by atomic mass is 10.2. The van der Waals surface area contributed by atoms with Crippen LogP contribution < -0.4 is 0 Å². The quantitative estimate of drug-likeness (QED) is 0.608. The fraction of sp³-hybridized carbons (Fsp3) is 1.00. The minimum absolute atomic E-state index is 0.851. The van der Waals surface area contributed by atoms with Crippen molar-refractivity contribution >= 4 is 0 Å². The van der Waals surface area contributed by atoms with Crippen molar-refractivity contribution in [3.05, 3.63) is 0 Å². The molecule has 61 valence electrons. The molecule has 5 heteroatoms. The van der Waals surface area contributed by atoms with E-state index in [0.717, 1.165) is 7.11 Å². The zero-order chi connectivity index (χ0) is 8.20. The molecule has 0 aliphatic heterocycles. The third-order valence-electron chi connectivity index (χ3n) is 0.978. The van der Waals surface area contributed by atoms with Crippen molar-refractivity contribution in [3.8, 4) is 0 Å². The maximum atomic E-state index is 11.5. The maximum Gasteiger partial charge on any atom is 0.391 e. The number of halogens is 3. The molecule has 0 aromatic heterocycles. The van der Waals surface area contributed by atoms with Gasteiger partial charge in [0.2, 0.25) is 0 Å². The summed E-state index contributed by atoms with van der Waals surface area (Å²) >= 11 is 0. The Balaban J connectivity index is 3.63. The predicted octanol–water partition coefficient (Wildman–Crippen LogP) is 1.38. The molecular weight excluding hydrogens is 149 g/mol. The molecule has 1 radical (unpaired) electrons. The van der Waals surface area contributed by atoms with Gasteiger partial charge in [-0.3, -0.25) is 0 Å². The van der Waals surface area contributed by atoms with Crippen LogP contribution in [-0.2, 0) is 9.84 Å². The number of hydrogen-bond donors (Lipinski definition) is 0.